The first-order chi connectivity index (χ1) is 8.66. The number of benzene rings is 1. The van der Waals surface area contributed by atoms with Gasteiger partial charge in [-0.1, -0.05) is 12.1 Å². The van der Waals surface area contributed by atoms with E-state index in [0.717, 1.165) is 0 Å². The minimum absolute atomic E-state index is 0.0507. The van der Waals surface area contributed by atoms with Crippen molar-refractivity contribution in [1.82, 2.24) is 5.32 Å². The number of amides is 1. The van der Waals surface area contributed by atoms with Gasteiger partial charge in [-0.3, -0.25) is 4.79 Å². The molecule has 0 spiro atoms. The predicted molar refractivity (Wildman–Crippen MR) is 68.5 cm³/mol. The molecule has 100 valence electrons. The van der Waals surface area contributed by atoms with Crippen LogP contribution >= 0.6 is 0 Å². The number of hydrogen-bond donors (Lipinski definition) is 2. The zero-order chi connectivity index (χ0) is 13.4. The molecule has 1 aromatic carbocycles. The first kappa shape index (κ1) is 14.7. The van der Waals surface area contributed by atoms with Crippen LogP contribution in [0.25, 0.3) is 0 Å². The molecule has 0 atom stereocenters. The molecule has 1 N–H and O–H groups in total. The highest BCUT2D eigenvalue weighted by molar-refractivity contribution is 7.72. The van der Waals surface area contributed by atoms with E-state index in [1.165, 1.54) is 12.1 Å². The number of nitrogens with one attached hydrogen (secondary N) is 1. The van der Waals surface area contributed by atoms with Gasteiger partial charge in [-0.25, -0.2) is 8.42 Å². The summed E-state index contributed by atoms with van der Waals surface area (Å²) in [7, 11) is -2.76. The van der Waals surface area contributed by atoms with Gasteiger partial charge in [0.25, 0.3) is 5.91 Å². The largest absolute Gasteiger partial charge is 0.382 e. The highest BCUT2D eigenvalue weighted by atomic mass is 32.2. The van der Waals surface area contributed by atoms with E-state index < -0.39 is 10.7 Å². The molecule has 0 saturated heterocycles. The summed E-state index contributed by atoms with van der Waals surface area (Å²) < 4.78 is 27.1. The normalized spacial score (nSPS) is 10.6. The van der Waals surface area contributed by atoms with Gasteiger partial charge < -0.3 is 10.1 Å². The zero-order valence-electron chi connectivity index (χ0n) is 10.2. The van der Waals surface area contributed by atoms with Crippen LogP contribution in [0, 0.1) is 0 Å². The molecule has 0 aromatic heterocycles. The summed E-state index contributed by atoms with van der Waals surface area (Å²) in [6.45, 7) is 3.59. The Morgan fingerprint density at radius 1 is 1.33 bits per heavy atom. The van der Waals surface area contributed by atoms with Crippen LogP contribution in [0.5, 0.6) is 0 Å². The van der Waals surface area contributed by atoms with Gasteiger partial charge in [-0.15, -0.1) is 0 Å². The maximum atomic E-state index is 11.8. The molecule has 6 heteroatoms. The molecule has 0 radical (unpaired) electrons. The standard InChI is InChI=1S/C12H17NO4S/c1-2-17-9-5-8-13-12(14)10-6-3-4-7-11(10)18(15)16/h3-4,6-7,18H,2,5,8-9H2,1H3,(H,13,14). The topological polar surface area (TPSA) is 72.5 Å². The Hall–Kier alpha value is -1.40. The Balaban J connectivity index is 2.56. The fourth-order valence-electron chi connectivity index (χ4n) is 1.44. The van der Waals surface area contributed by atoms with E-state index >= 15 is 0 Å². The van der Waals surface area contributed by atoms with Crippen LogP contribution in [0.1, 0.15) is 23.7 Å². The predicted octanol–water partition coefficient (Wildman–Crippen LogP) is 0.813. The van der Waals surface area contributed by atoms with Gasteiger partial charge in [0.1, 0.15) is 0 Å². The zero-order valence-corrected chi connectivity index (χ0v) is 11.1. The van der Waals surface area contributed by atoms with Crippen molar-refractivity contribution in [2.24, 2.45) is 0 Å². The molecule has 0 aliphatic carbocycles. The Morgan fingerprint density at radius 3 is 2.72 bits per heavy atom. The number of rotatable bonds is 7. The SMILES string of the molecule is CCOCCCNC(=O)c1ccccc1[SH](=O)=O. The minimum Gasteiger partial charge on any atom is -0.382 e. The Kier molecular flexibility index (Phi) is 6.38. The van der Waals surface area contributed by atoms with Crippen molar-refractivity contribution >= 4 is 16.6 Å². The third kappa shape index (κ3) is 4.46. The summed E-state index contributed by atoms with van der Waals surface area (Å²) in [5.74, 6) is -0.374. The molecule has 5 nitrogen and oxygen atoms in total. The maximum Gasteiger partial charge on any atom is 0.252 e. The molecular weight excluding hydrogens is 254 g/mol. The lowest BCUT2D eigenvalue weighted by molar-refractivity contribution is 0.0941. The van der Waals surface area contributed by atoms with Gasteiger partial charge in [-0.05, 0) is 25.5 Å². The Bertz CT molecular complexity index is 463. The van der Waals surface area contributed by atoms with E-state index in [-0.39, 0.29) is 16.4 Å². The van der Waals surface area contributed by atoms with Crippen molar-refractivity contribution in [3.05, 3.63) is 29.8 Å². The van der Waals surface area contributed by atoms with Crippen LogP contribution in [0.15, 0.2) is 29.2 Å². The number of ether oxygens (including phenoxy) is 1. The second-order valence-electron chi connectivity index (χ2n) is 3.58. The van der Waals surface area contributed by atoms with Crippen molar-refractivity contribution in [3.63, 3.8) is 0 Å². The van der Waals surface area contributed by atoms with E-state index in [1.807, 2.05) is 6.92 Å². The number of hydrogen-bond acceptors (Lipinski definition) is 4. The lowest BCUT2D eigenvalue weighted by Crippen LogP contribution is -2.26. The van der Waals surface area contributed by atoms with Crippen LogP contribution < -0.4 is 5.32 Å². The highest BCUT2D eigenvalue weighted by Crippen LogP contribution is 2.09. The van der Waals surface area contributed by atoms with Gasteiger partial charge in [0, 0.05) is 19.8 Å². The van der Waals surface area contributed by atoms with Gasteiger partial charge >= 0.3 is 0 Å². The van der Waals surface area contributed by atoms with Crippen LogP contribution in [-0.2, 0) is 15.4 Å². The van der Waals surface area contributed by atoms with Crippen molar-refractivity contribution in [2.75, 3.05) is 19.8 Å². The summed E-state index contributed by atoms with van der Waals surface area (Å²) in [6.07, 6.45) is 0.700. The summed E-state index contributed by atoms with van der Waals surface area (Å²) in [6, 6.07) is 6.14. The Morgan fingerprint density at radius 2 is 2.06 bits per heavy atom. The molecule has 18 heavy (non-hydrogen) atoms. The van der Waals surface area contributed by atoms with E-state index in [4.69, 9.17) is 4.74 Å². The fourth-order valence-corrected chi connectivity index (χ4v) is 2.02. The summed E-state index contributed by atoms with van der Waals surface area (Å²) in [5.41, 5.74) is 0.185. The second kappa shape index (κ2) is 7.84. The average Bonchev–Trinajstić information content (AvgIpc) is 2.38. The molecule has 0 saturated carbocycles. The minimum atomic E-state index is -2.76. The molecule has 0 unspecified atom stereocenters. The van der Waals surface area contributed by atoms with Crippen LogP contribution in [-0.4, -0.2) is 34.1 Å². The monoisotopic (exact) mass is 271 g/mol. The van der Waals surface area contributed by atoms with E-state index in [2.05, 4.69) is 5.32 Å². The summed E-state index contributed by atoms with van der Waals surface area (Å²) >= 11 is 0. The number of carbonyl (C=O) groups excluding carboxylic acids is 1. The van der Waals surface area contributed by atoms with Gasteiger partial charge in [0.2, 0.25) is 0 Å². The number of carbonyl (C=O) groups is 1. The second-order valence-corrected chi connectivity index (χ2v) is 4.58. The molecule has 0 fully saturated rings. The highest BCUT2D eigenvalue weighted by Gasteiger charge is 2.11. The summed E-state index contributed by atoms with van der Waals surface area (Å²) in [5, 5.41) is 2.67. The number of thiol groups is 1. The van der Waals surface area contributed by atoms with Crippen molar-refractivity contribution in [2.45, 2.75) is 18.2 Å². The molecule has 0 aliphatic rings. The molecular formula is C12H17NO4S. The molecule has 1 amide bonds. The van der Waals surface area contributed by atoms with E-state index in [9.17, 15) is 13.2 Å². The molecule has 0 aliphatic heterocycles. The summed E-state index contributed by atoms with van der Waals surface area (Å²) in [4.78, 5) is 11.8. The van der Waals surface area contributed by atoms with Crippen LogP contribution in [0.4, 0.5) is 0 Å². The fraction of sp³-hybridized carbons (Fsp3) is 0.417. The lowest BCUT2D eigenvalue weighted by atomic mass is 10.2. The van der Waals surface area contributed by atoms with Gasteiger partial charge in [0.15, 0.2) is 10.7 Å². The third-order valence-corrected chi connectivity index (χ3v) is 3.08. The smallest absolute Gasteiger partial charge is 0.252 e. The van der Waals surface area contributed by atoms with Gasteiger partial charge in [-0.2, -0.15) is 0 Å². The first-order valence-corrected chi connectivity index (χ1v) is 6.94. The maximum absolute atomic E-state index is 11.8. The van der Waals surface area contributed by atoms with Crippen molar-refractivity contribution in [1.29, 1.82) is 0 Å². The molecule has 0 bridgehead atoms. The van der Waals surface area contributed by atoms with Crippen molar-refractivity contribution in [3.8, 4) is 0 Å². The van der Waals surface area contributed by atoms with Crippen molar-refractivity contribution < 1.29 is 17.9 Å². The average molecular weight is 271 g/mol. The van der Waals surface area contributed by atoms with E-state index in [0.29, 0.717) is 26.2 Å². The molecule has 0 heterocycles. The van der Waals surface area contributed by atoms with Gasteiger partial charge in [0.05, 0.1) is 10.5 Å². The third-order valence-electron chi connectivity index (χ3n) is 2.30. The van der Waals surface area contributed by atoms with Crippen LogP contribution in [0.3, 0.4) is 0 Å². The molecule has 1 aromatic rings. The van der Waals surface area contributed by atoms with Crippen LogP contribution in [0.2, 0.25) is 0 Å². The molecule has 1 rings (SSSR count). The first-order valence-electron chi connectivity index (χ1n) is 5.76. The van der Waals surface area contributed by atoms with E-state index in [1.54, 1.807) is 12.1 Å². The quantitative estimate of drug-likeness (QED) is 0.569. The Labute approximate surface area is 108 Å². The lowest BCUT2D eigenvalue weighted by Gasteiger charge is -2.06.